The molecule has 1 saturated heterocycles. The first-order chi connectivity index (χ1) is 10.7. The number of hydrogen-bond acceptors (Lipinski definition) is 5. The lowest BCUT2D eigenvalue weighted by atomic mass is 10.1. The minimum absolute atomic E-state index is 0.0706. The Labute approximate surface area is 134 Å². The second-order valence-electron chi connectivity index (χ2n) is 5.48. The van der Waals surface area contributed by atoms with E-state index in [0.717, 1.165) is 41.6 Å². The molecule has 5 nitrogen and oxygen atoms in total. The molecule has 3 heterocycles. The van der Waals surface area contributed by atoms with Crippen LogP contribution in [0.3, 0.4) is 0 Å². The van der Waals surface area contributed by atoms with E-state index < -0.39 is 0 Å². The number of likely N-dealkylation sites (tertiary alicyclic amines) is 1. The van der Waals surface area contributed by atoms with Gasteiger partial charge >= 0.3 is 0 Å². The van der Waals surface area contributed by atoms with Crippen LogP contribution in [0.5, 0.6) is 0 Å². The molecule has 1 atom stereocenters. The SMILES string of the molecule is CNc1cc([C@@H]2CCCN2C(=O)Cc2cccs2)nc(C)n1. The first-order valence-electron chi connectivity index (χ1n) is 7.52. The summed E-state index contributed by atoms with van der Waals surface area (Å²) >= 11 is 1.63. The quantitative estimate of drug-likeness (QED) is 0.942. The number of carbonyl (C=O) groups is 1. The third-order valence-electron chi connectivity index (χ3n) is 3.93. The number of anilines is 1. The predicted octanol–water partition coefficient (Wildman–Crippen LogP) is 2.79. The van der Waals surface area contributed by atoms with Gasteiger partial charge in [0, 0.05) is 24.5 Å². The summed E-state index contributed by atoms with van der Waals surface area (Å²) in [6.45, 7) is 2.70. The van der Waals surface area contributed by atoms with E-state index >= 15 is 0 Å². The molecule has 0 aromatic carbocycles. The normalized spacial score (nSPS) is 17.7. The van der Waals surface area contributed by atoms with E-state index in [1.54, 1.807) is 11.3 Å². The highest BCUT2D eigenvalue weighted by atomic mass is 32.1. The number of hydrogen-bond donors (Lipinski definition) is 1. The van der Waals surface area contributed by atoms with Crippen molar-refractivity contribution in [2.24, 2.45) is 0 Å². The highest BCUT2D eigenvalue weighted by molar-refractivity contribution is 7.10. The molecule has 22 heavy (non-hydrogen) atoms. The molecule has 2 aromatic heterocycles. The molecule has 1 fully saturated rings. The maximum atomic E-state index is 12.6. The van der Waals surface area contributed by atoms with E-state index in [9.17, 15) is 4.79 Å². The fraction of sp³-hybridized carbons (Fsp3) is 0.438. The van der Waals surface area contributed by atoms with Crippen LogP contribution in [0.4, 0.5) is 5.82 Å². The molecule has 1 amide bonds. The van der Waals surface area contributed by atoms with Gasteiger partial charge in [0.1, 0.15) is 11.6 Å². The zero-order valence-corrected chi connectivity index (χ0v) is 13.7. The largest absolute Gasteiger partial charge is 0.373 e. The number of thiophene rings is 1. The van der Waals surface area contributed by atoms with Crippen molar-refractivity contribution < 1.29 is 4.79 Å². The van der Waals surface area contributed by atoms with Gasteiger partial charge in [0.05, 0.1) is 18.2 Å². The lowest BCUT2D eigenvalue weighted by Gasteiger charge is -2.24. The molecular weight excluding hydrogens is 296 g/mol. The van der Waals surface area contributed by atoms with E-state index in [4.69, 9.17) is 0 Å². The van der Waals surface area contributed by atoms with Crippen molar-refractivity contribution in [3.63, 3.8) is 0 Å². The highest BCUT2D eigenvalue weighted by Crippen LogP contribution is 2.32. The summed E-state index contributed by atoms with van der Waals surface area (Å²) in [7, 11) is 1.85. The van der Waals surface area contributed by atoms with Crippen molar-refractivity contribution in [3.8, 4) is 0 Å². The molecule has 1 aliphatic rings. The number of nitrogens with zero attached hydrogens (tertiary/aromatic N) is 3. The van der Waals surface area contributed by atoms with E-state index in [1.807, 2.05) is 42.5 Å². The van der Waals surface area contributed by atoms with Crippen LogP contribution >= 0.6 is 11.3 Å². The highest BCUT2D eigenvalue weighted by Gasteiger charge is 2.31. The zero-order valence-electron chi connectivity index (χ0n) is 12.9. The Hall–Kier alpha value is -1.95. The fourth-order valence-electron chi connectivity index (χ4n) is 2.93. The number of carbonyl (C=O) groups excluding carboxylic acids is 1. The standard InChI is InChI=1S/C16H20N4OS/c1-11-18-13(10-15(17-2)19-11)14-6-3-7-20(14)16(21)9-12-5-4-8-22-12/h4-5,8,10,14H,3,6-7,9H2,1-2H3,(H,17,18,19)/t14-/m0/s1. The topological polar surface area (TPSA) is 58.1 Å². The third-order valence-corrected chi connectivity index (χ3v) is 4.81. The van der Waals surface area contributed by atoms with Gasteiger partial charge in [0.25, 0.3) is 0 Å². The summed E-state index contributed by atoms with van der Waals surface area (Å²) in [5, 5.41) is 5.07. The van der Waals surface area contributed by atoms with Gasteiger partial charge in [0.2, 0.25) is 5.91 Å². The van der Waals surface area contributed by atoms with Crippen molar-refractivity contribution in [2.75, 3.05) is 18.9 Å². The van der Waals surface area contributed by atoms with E-state index in [0.29, 0.717) is 6.42 Å². The first-order valence-corrected chi connectivity index (χ1v) is 8.40. The average Bonchev–Trinajstić information content (AvgIpc) is 3.17. The number of aryl methyl sites for hydroxylation is 1. The second-order valence-corrected chi connectivity index (χ2v) is 6.51. The summed E-state index contributed by atoms with van der Waals surface area (Å²) in [5.41, 5.74) is 0.939. The molecule has 0 aliphatic carbocycles. The average molecular weight is 316 g/mol. The number of aromatic nitrogens is 2. The van der Waals surface area contributed by atoms with E-state index in [-0.39, 0.29) is 11.9 Å². The molecule has 3 rings (SSSR count). The van der Waals surface area contributed by atoms with Crippen molar-refractivity contribution >= 4 is 23.1 Å². The molecule has 116 valence electrons. The Morgan fingerprint density at radius 3 is 3.09 bits per heavy atom. The van der Waals surface area contributed by atoms with Crippen LogP contribution in [0.25, 0.3) is 0 Å². The lowest BCUT2D eigenvalue weighted by Crippen LogP contribution is -2.32. The zero-order chi connectivity index (χ0) is 15.5. The molecule has 6 heteroatoms. The molecule has 0 spiro atoms. The van der Waals surface area contributed by atoms with Crippen LogP contribution in [0.2, 0.25) is 0 Å². The number of nitrogens with one attached hydrogen (secondary N) is 1. The summed E-state index contributed by atoms with van der Waals surface area (Å²) in [6.07, 6.45) is 2.48. The van der Waals surface area contributed by atoms with Crippen LogP contribution in [0.15, 0.2) is 23.6 Å². The van der Waals surface area contributed by atoms with Gasteiger partial charge in [0.15, 0.2) is 0 Å². The summed E-state index contributed by atoms with van der Waals surface area (Å²) < 4.78 is 0. The molecule has 0 bridgehead atoms. The third kappa shape index (κ3) is 3.11. The number of rotatable bonds is 4. The minimum atomic E-state index is 0.0706. The van der Waals surface area contributed by atoms with E-state index in [1.165, 1.54) is 0 Å². The molecule has 1 aliphatic heterocycles. The summed E-state index contributed by atoms with van der Waals surface area (Å²) in [4.78, 5) is 24.6. The summed E-state index contributed by atoms with van der Waals surface area (Å²) in [5.74, 6) is 1.73. The maximum absolute atomic E-state index is 12.6. The van der Waals surface area contributed by atoms with Crippen molar-refractivity contribution in [1.29, 1.82) is 0 Å². The Morgan fingerprint density at radius 2 is 2.36 bits per heavy atom. The van der Waals surface area contributed by atoms with Gasteiger partial charge in [-0.15, -0.1) is 11.3 Å². The van der Waals surface area contributed by atoms with Crippen LogP contribution < -0.4 is 5.32 Å². The van der Waals surface area contributed by atoms with Crippen molar-refractivity contribution in [3.05, 3.63) is 40.0 Å². The first kappa shape index (κ1) is 15.0. The molecule has 0 unspecified atom stereocenters. The van der Waals surface area contributed by atoms with Gasteiger partial charge in [-0.3, -0.25) is 4.79 Å². The lowest BCUT2D eigenvalue weighted by molar-refractivity contribution is -0.131. The van der Waals surface area contributed by atoms with Crippen molar-refractivity contribution in [1.82, 2.24) is 14.9 Å². The molecular formula is C16H20N4OS. The van der Waals surface area contributed by atoms with Crippen LogP contribution in [-0.2, 0) is 11.2 Å². The Balaban J connectivity index is 1.80. The summed E-state index contributed by atoms with van der Waals surface area (Å²) in [6, 6.07) is 6.03. The van der Waals surface area contributed by atoms with Gasteiger partial charge in [-0.05, 0) is 31.2 Å². The van der Waals surface area contributed by atoms with Gasteiger partial charge in [-0.1, -0.05) is 6.07 Å². The Morgan fingerprint density at radius 1 is 1.50 bits per heavy atom. The molecule has 0 radical (unpaired) electrons. The van der Waals surface area contributed by atoms with Gasteiger partial charge < -0.3 is 10.2 Å². The minimum Gasteiger partial charge on any atom is -0.373 e. The number of amides is 1. The smallest absolute Gasteiger partial charge is 0.228 e. The van der Waals surface area contributed by atoms with Crippen LogP contribution in [0.1, 0.15) is 35.3 Å². The Kier molecular flexibility index (Phi) is 4.38. The molecule has 0 saturated carbocycles. The second kappa shape index (κ2) is 6.44. The van der Waals surface area contributed by atoms with E-state index in [2.05, 4.69) is 15.3 Å². The van der Waals surface area contributed by atoms with Crippen LogP contribution in [-0.4, -0.2) is 34.4 Å². The molecule has 1 N–H and O–H groups in total. The molecule has 2 aromatic rings. The van der Waals surface area contributed by atoms with Gasteiger partial charge in [-0.2, -0.15) is 0 Å². The van der Waals surface area contributed by atoms with Crippen molar-refractivity contribution in [2.45, 2.75) is 32.2 Å². The Bertz CT molecular complexity index is 656. The fourth-order valence-corrected chi connectivity index (χ4v) is 3.62. The predicted molar refractivity (Wildman–Crippen MR) is 88.0 cm³/mol. The van der Waals surface area contributed by atoms with Gasteiger partial charge in [-0.25, -0.2) is 9.97 Å². The maximum Gasteiger partial charge on any atom is 0.228 e. The van der Waals surface area contributed by atoms with Crippen LogP contribution in [0, 0.1) is 6.92 Å². The monoisotopic (exact) mass is 316 g/mol.